The van der Waals surface area contributed by atoms with Crippen LogP contribution in [0.2, 0.25) is 0 Å². The van der Waals surface area contributed by atoms with Crippen molar-refractivity contribution < 1.29 is 14.7 Å². The van der Waals surface area contributed by atoms with E-state index >= 15 is 0 Å². The van der Waals surface area contributed by atoms with Crippen molar-refractivity contribution in [3.05, 3.63) is 28.5 Å². The zero-order valence-electron chi connectivity index (χ0n) is 8.68. The molecule has 88 valence electrons. The predicted molar refractivity (Wildman–Crippen MR) is 64.3 cm³/mol. The molecular formula is C11H9BrN2O3. The third kappa shape index (κ3) is 3.89. The number of terminal acetylenes is 1. The van der Waals surface area contributed by atoms with E-state index in [-0.39, 0.29) is 12.0 Å². The van der Waals surface area contributed by atoms with Gasteiger partial charge < -0.3 is 10.4 Å². The molecule has 1 aromatic rings. The number of amides is 1. The Hall–Kier alpha value is -1.87. The zero-order chi connectivity index (χ0) is 12.8. The average molecular weight is 297 g/mol. The van der Waals surface area contributed by atoms with Crippen molar-refractivity contribution in [2.45, 2.75) is 12.5 Å². The number of carbonyl (C=O) groups is 2. The maximum absolute atomic E-state index is 11.6. The summed E-state index contributed by atoms with van der Waals surface area (Å²) in [5.41, 5.74) is 0.275. The van der Waals surface area contributed by atoms with E-state index in [1.54, 1.807) is 6.07 Å². The van der Waals surface area contributed by atoms with E-state index < -0.39 is 17.9 Å². The third-order valence-corrected chi connectivity index (χ3v) is 2.38. The molecule has 0 spiro atoms. The van der Waals surface area contributed by atoms with Gasteiger partial charge in [0, 0.05) is 12.6 Å². The summed E-state index contributed by atoms with van der Waals surface area (Å²) in [5.74, 6) is 0.510. The molecule has 1 unspecified atom stereocenters. The highest BCUT2D eigenvalue weighted by Gasteiger charge is 2.19. The number of hydrogen-bond donors (Lipinski definition) is 2. The Balaban J connectivity index is 2.74. The van der Waals surface area contributed by atoms with E-state index in [4.69, 9.17) is 11.5 Å². The normalized spacial score (nSPS) is 11.3. The van der Waals surface area contributed by atoms with Gasteiger partial charge in [-0.05, 0) is 28.1 Å². The van der Waals surface area contributed by atoms with Gasteiger partial charge in [0.15, 0.2) is 0 Å². The summed E-state index contributed by atoms with van der Waals surface area (Å²) >= 11 is 3.13. The summed E-state index contributed by atoms with van der Waals surface area (Å²) in [6.45, 7) is 0. The number of aliphatic carboxylic acids is 1. The Bertz CT molecular complexity index is 465. The fourth-order valence-corrected chi connectivity index (χ4v) is 1.30. The molecular weight excluding hydrogens is 288 g/mol. The van der Waals surface area contributed by atoms with Crippen LogP contribution in [0.15, 0.2) is 22.9 Å². The lowest BCUT2D eigenvalue weighted by molar-refractivity contribution is -0.139. The first kappa shape index (κ1) is 13.2. The van der Waals surface area contributed by atoms with Crippen molar-refractivity contribution in [1.29, 1.82) is 0 Å². The van der Waals surface area contributed by atoms with Crippen LogP contribution < -0.4 is 5.32 Å². The lowest BCUT2D eigenvalue weighted by Crippen LogP contribution is -2.40. The summed E-state index contributed by atoms with van der Waals surface area (Å²) in [4.78, 5) is 26.3. The molecule has 1 aromatic heterocycles. The minimum absolute atomic E-state index is 0.0645. The number of nitrogens with one attached hydrogen (secondary N) is 1. The molecule has 0 radical (unpaired) electrons. The highest BCUT2D eigenvalue weighted by atomic mass is 79.9. The largest absolute Gasteiger partial charge is 0.480 e. The maximum atomic E-state index is 11.6. The molecule has 17 heavy (non-hydrogen) atoms. The molecule has 0 aliphatic rings. The number of hydrogen-bond acceptors (Lipinski definition) is 3. The summed E-state index contributed by atoms with van der Waals surface area (Å²) in [7, 11) is 0. The van der Waals surface area contributed by atoms with Gasteiger partial charge in [-0.15, -0.1) is 12.3 Å². The zero-order valence-corrected chi connectivity index (χ0v) is 10.3. The molecule has 1 heterocycles. The summed E-state index contributed by atoms with van der Waals surface area (Å²) < 4.78 is 0.590. The molecule has 0 bridgehead atoms. The molecule has 1 atom stereocenters. The van der Waals surface area contributed by atoms with Crippen LogP contribution in [-0.2, 0) is 4.79 Å². The van der Waals surface area contributed by atoms with E-state index in [2.05, 4.69) is 32.2 Å². The number of halogens is 1. The molecule has 1 amide bonds. The highest BCUT2D eigenvalue weighted by Crippen LogP contribution is 2.06. The molecule has 2 N–H and O–H groups in total. The van der Waals surface area contributed by atoms with Gasteiger partial charge in [-0.1, -0.05) is 0 Å². The van der Waals surface area contributed by atoms with Gasteiger partial charge in [0.25, 0.3) is 5.91 Å². The van der Waals surface area contributed by atoms with Crippen LogP contribution in [-0.4, -0.2) is 28.0 Å². The molecule has 6 heteroatoms. The number of carboxylic acid groups (broad SMARTS) is 1. The van der Waals surface area contributed by atoms with E-state index in [9.17, 15) is 9.59 Å². The van der Waals surface area contributed by atoms with E-state index in [0.717, 1.165) is 0 Å². The van der Waals surface area contributed by atoms with Gasteiger partial charge >= 0.3 is 5.97 Å². The first-order chi connectivity index (χ1) is 8.04. The van der Waals surface area contributed by atoms with Crippen LogP contribution in [0.1, 0.15) is 16.8 Å². The molecule has 0 aliphatic carbocycles. The Morgan fingerprint density at radius 2 is 2.29 bits per heavy atom. The minimum atomic E-state index is -1.17. The van der Waals surface area contributed by atoms with Gasteiger partial charge in [0.05, 0.1) is 5.56 Å². The lowest BCUT2D eigenvalue weighted by atomic mass is 10.2. The monoisotopic (exact) mass is 296 g/mol. The Morgan fingerprint density at radius 3 is 2.76 bits per heavy atom. The second-order valence-corrected chi connectivity index (χ2v) is 3.95. The second kappa shape index (κ2) is 6.01. The number of aromatic nitrogens is 1. The van der Waals surface area contributed by atoms with Crippen molar-refractivity contribution in [3.63, 3.8) is 0 Å². The number of rotatable bonds is 4. The number of nitrogens with zero attached hydrogens (tertiary/aromatic N) is 1. The average Bonchev–Trinajstić information content (AvgIpc) is 2.29. The topological polar surface area (TPSA) is 79.3 Å². The number of pyridine rings is 1. The SMILES string of the molecule is C#CCC(NC(=O)c1ccc(Br)nc1)C(=O)O. The van der Waals surface area contributed by atoms with Crippen molar-refractivity contribution in [2.75, 3.05) is 0 Å². The summed E-state index contributed by atoms with van der Waals surface area (Å²) in [6, 6.07) is 2.03. The van der Waals surface area contributed by atoms with Crippen molar-refractivity contribution in [3.8, 4) is 12.3 Å². The van der Waals surface area contributed by atoms with Crippen LogP contribution in [0.4, 0.5) is 0 Å². The first-order valence-electron chi connectivity index (χ1n) is 4.63. The number of carbonyl (C=O) groups excluding carboxylic acids is 1. The molecule has 0 saturated heterocycles. The van der Waals surface area contributed by atoms with Crippen molar-refractivity contribution in [1.82, 2.24) is 10.3 Å². The summed E-state index contributed by atoms with van der Waals surface area (Å²) in [6.07, 6.45) is 6.30. The highest BCUT2D eigenvalue weighted by molar-refractivity contribution is 9.10. The van der Waals surface area contributed by atoms with Gasteiger partial charge in [0.2, 0.25) is 0 Å². The van der Waals surface area contributed by atoms with Gasteiger partial charge in [0.1, 0.15) is 10.6 Å². The molecule has 5 nitrogen and oxygen atoms in total. The van der Waals surface area contributed by atoms with E-state index in [1.807, 2.05) is 0 Å². The Morgan fingerprint density at radius 1 is 1.59 bits per heavy atom. The maximum Gasteiger partial charge on any atom is 0.327 e. The van der Waals surface area contributed by atoms with Crippen LogP contribution in [0.25, 0.3) is 0 Å². The van der Waals surface area contributed by atoms with Crippen LogP contribution in [0.5, 0.6) is 0 Å². The van der Waals surface area contributed by atoms with Crippen LogP contribution in [0.3, 0.4) is 0 Å². The molecule has 0 fully saturated rings. The molecule has 0 aromatic carbocycles. The fraction of sp³-hybridized carbons (Fsp3) is 0.182. The van der Waals surface area contributed by atoms with Crippen LogP contribution in [0, 0.1) is 12.3 Å². The van der Waals surface area contributed by atoms with Crippen LogP contribution >= 0.6 is 15.9 Å². The van der Waals surface area contributed by atoms with E-state index in [0.29, 0.717) is 4.60 Å². The Labute approximate surface area is 106 Å². The second-order valence-electron chi connectivity index (χ2n) is 3.14. The van der Waals surface area contributed by atoms with Gasteiger partial charge in [-0.25, -0.2) is 9.78 Å². The third-order valence-electron chi connectivity index (χ3n) is 1.91. The quantitative estimate of drug-likeness (QED) is 0.643. The van der Waals surface area contributed by atoms with Crippen molar-refractivity contribution in [2.24, 2.45) is 0 Å². The molecule has 0 aliphatic heterocycles. The summed E-state index contributed by atoms with van der Waals surface area (Å²) in [5, 5.41) is 11.1. The standard InChI is InChI=1S/C11H9BrN2O3/c1-2-3-8(11(16)17)14-10(15)7-4-5-9(12)13-6-7/h1,4-6,8H,3H2,(H,14,15)(H,16,17). The van der Waals surface area contributed by atoms with Crippen molar-refractivity contribution >= 4 is 27.8 Å². The van der Waals surface area contributed by atoms with E-state index in [1.165, 1.54) is 12.3 Å². The van der Waals surface area contributed by atoms with Gasteiger partial charge in [-0.2, -0.15) is 0 Å². The van der Waals surface area contributed by atoms with Gasteiger partial charge in [-0.3, -0.25) is 4.79 Å². The molecule has 0 saturated carbocycles. The Kier molecular flexibility index (Phi) is 4.67. The molecule has 1 rings (SSSR count). The predicted octanol–water partition coefficient (Wildman–Crippen LogP) is 1.05. The minimum Gasteiger partial charge on any atom is -0.480 e. The smallest absolute Gasteiger partial charge is 0.327 e. The lowest BCUT2D eigenvalue weighted by Gasteiger charge is -2.11. The first-order valence-corrected chi connectivity index (χ1v) is 5.42. The number of carboxylic acids is 1. The fourth-order valence-electron chi connectivity index (χ4n) is 1.07.